The molecule has 1 amide bonds. The van der Waals surface area contributed by atoms with Gasteiger partial charge in [-0.25, -0.2) is 4.39 Å². The lowest BCUT2D eigenvalue weighted by molar-refractivity contribution is -0.384. The summed E-state index contributed by atoms with van der Waals surface area (Å²) in [4.78, 5) is 35.2. The molecule has 2 aromatic carbocycles. The Balaban J connectivity index is 1.89. The lowest BCUT2D eigenvalue weighted by Gasteiger charge is -2.10. The van der Waals surface area contributed by atoms with Crippen molar-refractivity contribution in [3.8, 4) is 0 Å². The molecule has 0 spiro atoms. The normalized spacial score (nSPS) is 10.5. The van der Waals surface area contributed by atoms with Crippen molar-refractivity contribution in [2.45, 2.75) is 13.5 Å². The number of nitro groups is 1. The van der Waals surface area contributed by atoms with Crippen LogP contribution >= 0.6 is 0 Å². The van der Waals surface area contributed by atoms with E-state index in [1.807, 2.05) is 0 Å². The molecular weight excluding hydrogens is 365 g/mol. The van der Waals surface area contributed by atoms with Crippen LogP contribution in [0, 0.1) is 22.9 Å². The Labute approximate surface area is 159 Å². The Bertz CT molecular complexity index is 1120. The van der Waals surface area contributed by atoms with Crippen molar-refractivity contribution in [3.05, 3.63) is 104 Å². The maximum absolute atomic E-state index is 13.8. The number of nitrogens with zero attached hydrogens (tertiary/aromatic N) is 2. The number of carbonyl (C=O) groups is 1. The van der Waals surface area contributed by atoms with Crippen LogP contribution in [-0.2, 0) is 6.54 Å². The van der Waals surface area contributed by atoms with Gasteiger partial charge in [-0.2, -0.15) is 0 Å². The zero-order valence-electron chi connectivity index (χ0n) is 14.9. The Morgan fingerprint density at radius 2 is 1.93 bits per heavy atom. The molecular formula is C20H16FN3O4. The van der Waals surface area contributed by atoms with Crippen LogP contribution in [0.25, 0.3) is 0 Å². The first kappa shape index (κ1) is 19.0. The largest absolute Gasteiger partial charge is 0.316 e. The van der Waals surface area contributed by atoms with E-state index in [1.54, 1.807) is 31.2 Å². The minimum atomic E-state index is -0.616. The topological polar surface area (TPSA) is 94.2 Å². The number of carbonyl (C=O) groups excluding carboxylic acids is 1. The van der Waals surface area contributed by atoms with Gasteiger partial charge in [0.1, 0.15) is 11.5 Å². The van der Waals surface area contributed by atoms with Gasteiger partial charge < -0.3 is 9.88 Å². The number of hydrogen-bond donors (Lipinski definition) is 1. The van der Waals surface area contributed by atoms with Gasteiger partial charge in [0.05, 0.1) is 17.0 Å². The molecule has 1 aromatic heterocycles. The van der Waals surface area contributed by atoms with E-state index >= 15 is 0 Å². The number of rotatable bonds is 5. The van der Waals surface area contributed by atoms with Crippen molar-refractivity contribution in [3.63, 3.8) is 0 Å². The molecule has 3 aromatic rings. The van der Waals surface area contributed by atoms with Crippen molar-refractivity contribution < 1.29 is 14.1 Å². The van der Waals surface area contributed by atoms with Crippen LogP contribution in [0.4, 0.5) is 15.8 Å². The molecule has 1 N–H and O–H groups in total. The van der Waals surface area contributed by atoms with Crippen LogP contribution in [0.3, 0.4) is 0 Å². The Hall–Kier alpha value is -3.81. The zero-order valence-corrected chi connectivity index (χ0v) is 14.9. The highest BCUT2D eigenvalue weighted by atomic mass is 19.1. The van der Waals surface area contributed by atoms with Gasteiger partial charge in [-0.15, -0.1) is 0 Å². The molecule has 8 heteroatoms. The SMILES string of the molecule is Cc1ccc(NC(=O)c2ccc(=O)n(Cc3ccccc3F)c2)c([N+](=O)[O-])c1. The lowest BCUT2D eigenvalue weighted by Crippen LogP contribution is -2.23. The predicted molar refractivity (Wildman–Crippen MR) is 102 cm³/mol. The summed E-state index contributed by atoms with van der Waals surface area (Å²) in [5.41, 5.74) is 0.520. The van der Waals surface area contributed by atoms with E-state index in [0.717, 1.165) is 0 Å². The van der Waals surface area contributed by atoms with E-state index < -0.39 is 22.2 Å². The van der Waals surface area contributed by atoms with Crippen molar-refractivity contribution in [2.75, 3.05) is 5.32 Å². The van der Waals surface area contributed by atoms with Crippen LogP contribution in [0.1, 0.15) is 21.5 Å². The minimum Gasteiger partial charge on any atom is -0.316 e. The molecule has 0 saturated carbocycles. The van der Waals surface area contributed by atoms with Gasteiger partial charge in [0.15, 0.2) is 0 Å². The molecule has 3 rings (SSSR count). The molecule has 0 aliphatic heterocycles. The monoisotopic (exact) mass is 381 g/mol. The van der Waals surface area contributed by atoms with Gasteiger partial charge in [-0.1, -0.05) is 24.3 Å². The van der Waals surface area contributed by atoms with Gasteiger partial charge in [-0.05, 0) is 30.7 Å². The molecule has 0 fully saturated rings. The van der Waals surface area contributed by atoms with Crippen LogP contribution in [0.5, 0.6) is 0 Å². The molecule has 0 bridgehead atoms. The minimum absolute atomic E-state index is 0.0443. The third-order valence-corrected chi connectivity index (χ3v) is 4.14. The highest BCUT2D eigenvalue weighted by molar-refractivity contribution is 6.05. The third kappa shape index (κ3) is 4.12. The van der Waals surface area contributed by atoms with Crippen molar-refractivity contribution in [2.24, 2.45) is 0 Å². The quantitative estimate of drug-likeness (QED) is 0.541. The van der Waals surface area contributed by atoms with Gasteiger partial charge in [-0.3, -0.25) is 19.7 Å². The third-order valence-electron chi connectivity index (χ3n) is 4.14. The first-order valence-electron chi connectivity index (χ1n) is 8.35. The average molecular weight is 381 g/mol. The summed E-state index contributed by atoms with van der Waals surface area (Å²) in [6, 6.07) is 13.0. The van der Waals surface area contributed by atoms with Crippen molar-refractivity contribution in [1.29, 1.82) is 0 Å². The summed E-state index contributed by atoms with van der Waals surface area (Å²) in [6.45, 7) is 1.66. The summed E-state index contributed by atoms with van der Waals surface area (Å²) in [7, 11) is 0. The number of benzene rings is 2. The Kier molecular flexibility index (Phi) is 5.30. The fourth-order valence-electron chi connectivity index (χ4n) is 2.69. The molecule has 0 aliphatic carbocycles. The van der Waals surface area contributed by atoms with Crippen LogP contribution in [0.15, 0.2) is 65.6 Å². The fraction of sp³-hybridized carbons (Fsp3) is 0.100. The number of pyridine rings is 1. The van der Waals surface area contributed by atoms with Crippen LogP contribution in [0.2, 0.25) is 0 Å². The van der Waals surface area contributed by atoms with E-state index in [2.05, 4.69) is 5.32 Å². The molecule has 142 valence electrons. The maximum atomic E-state index is 13.8. The van der Waals surface area contributed by atoms with Crippen molar-refractivity contribution in [1.82, 2.24) is 4.57 Å². The Morgan fingerprint density at radius 3 is 2.64 bits per heavy atom. The first-order chi connectivity index (χ1) is 13.3. The molecule has 7 nitrogen and oxygen atoms in total. The zero-order chi connectivity index (χ0) is 20.3. The highest BCUT2D eigenvalue weighted by Crippen LogP contribution is 2.25. The van der Waals surface area contributed by atoms with E-state index in [1.165, 1.54) is 41.1 Å². The molecule has 28 heavy (non-hydrogen) atoms. The molecule has 0 atom stereocenters. The number of halogens is 1. The predicted octanol–water partition coefficient (Wildman–Crippen LogP) is 3.50. The number of nitrogens with one attached hydrogen (secondary N) is 1. The second-order valence-corrected chi connectivity index (χ2v) is 6.21. The number of aryl methyl sites for hydroxylation is 1. The molecule has 0 aliphatic rings. The summed E-state index contributed by atoms with van der Waals surface area (Å²) < 4.78 is 15.1. The Morgan fingerprint density at radius 1 is 1.18 bits per heavy atom. The number of aromatic nitrogens is 1. The summed E-state index contributed by atoms with van der Waals surface area (Å²) in [6.07, 6.45) is 1.30. The van der Waals surface area contributed by atoms with Crippen LogP contribution in [-0.4, -0.2) is 15.4 Å². The standard InChI is InChI=1S/C20H16FN3O4/c1-13-6-8-17(18(10-13)24(27)28)22-20(26)15-7-9-19(25)23(12-15)11-14-4-2-3-5-16(14)21/h2-10,12H,11H2,1H3,(H,22,26). The molecule has 0 unspecified atom stereocenters. The average Bonchev–Trinajstić information content (AvgIpc) is 2.66. The van der Waals surface area contributed by atoms with Gasteiger partial charge in [0.25, 0.3) is 17.2 Å². The maximum Gasteiger partial charge on any atom is 0.293 e. The smallest absolute Gasteiger partial charge is 0.293 e. The number of amides is 1. The first-order valence-corrected chi connectivity index (χ1v) is 8.35. The molecule has 0 saturated heterocycles. The van der Waals surface area contributed by atoms with Crippen LogP contribution < -0.4 is 10.9 Å². The lowest BCUT2D eigenvalue weighted by atomic mass is 10.1. The molecule has 1 heterocycles. The van der Waals surface area contributed by atoms with E-state index in [-0.39, 0.29) is 23.5 Å². The number of hydrogen-bond acceptors (Lipinski definition) is 4. The number of anilines is 1. The summed E-state index contributed by atoms with van der Waals surface area (Å²) in [5.74, 6) is -1.08. The van der Waals surface area contributed by atoms with Gasteiger partial charge >= 0.3 is 0 Å². The number of nitro benzene ring substituents is 1. The summed E-state index contributed by atoms with van der Waals surface area (Å²) in [5, 5.41) is 13.7. The van der Waals surface area contributed by atoms with Gasteiger partial charge in [0, 0.05) is 23.9 Å². The second kappa shape index (κ2) is 7.83. The van der Waals surface area contributed by atoms with Crippen molar-refractivity contribution >= 4 is 17.3 Å². The summed E-state index contributed by atoms with van der Waals surface area (Å²) >= 11 is 0. The molecule has 0 radical (unpaired) electrons. The highest BCUT2D eigenvalue weighted by Gasteiger charge is 2.17. The fourth-order valence-corrected chi connectivity index (χ4v) is 2.69. The van der Waals surface area contributed by atoms with E-state index in [4.69, 9.17) is 0 Å². The second-order valence-electron chi connectivity index (χ2n) is 6.21. The van der Waals surface area contributed by atoms with E-state index in [0.29, 0.717) is 11.1 Å². The van der Waals surface area contributed by atoms with Gasteiger partial charge in [0.2, 0.25) is 0 Å². The van der Waals surface area contributed by atoms with E-state index in [9.17, 15) is 24.1 Å².